The van der Waals surface area contributed by atoms with Crippen LogP contribution in [0.25, 0.3) is 10.4 Å². The van der Waals surface area contributed by atoms with E-state index in [-0.39, 0.29) is 24.0 Å². The van der Waals surface area contributed by atoms with E-state index in [0.717, 1.165) is 33.4 Å². The molecule has 0 spiro atoms. The van der Waals surface area contributed by atoms with E-state index in [1.54, 1.807) is 43.3 Å². The minimum absolute atomic E-state index is 0.0396. The van der Waals surface area contributed by atoms with Crippen LogP contribution in [0.5, 0.6) is 0 Å². The second-order valence-electron chi connectivity index (χ2n) is 12.2. The van der Waals surface area contributed by atoms with Crippen molar-refractivity contribution < 1.29 is 28.0 Å². The summed E-state index contributed by atoms with van der Waals surface area (Å²) in [6.45, 7) is 10.6. The lowest BCUT2D eigenvalue weighted by molar-refractivity contribution is -0.116. The third-order valence-corrected chi connectivity index (χ3v) is 9.72. The van der Waals surface area contributed by atoms with Crippen LogP contribution in [0.4, 0.5) is 30.1 Å². The van der Waals surface area contributed by atoms with Crippen molar-refractivity contribution in [3.05, 3.63) is 132 Å². The first-order valence-electron chi connectivity index (χ1n) is 17.2. The van der Waals surface area contributed by atoms with Gasteiger partial charge in [-0.15, -0.1) is 11.3 Å². The Morgan fingerprint density at radius 1 is 1.07 bits per heavy atom. The summed E-state index contributed by atoms with van der Waals surface area (Å²) >= 11 is 1.32. The molecule has 2 heterocycles. The monoisotopic (exact) mass is 758 g/mol. The number of thiophene rings is 1. The zero-order valence-corrected chi connectivity index (χ0v) is 32.3. The number of benzene rings is 1. The van der Waals surface area contributed by atoms with Gasteiger partial charge in [-0.2, -0.15) is 0 Å². The summed E-state index contributed by atoms with van der Waals surface area (Å²) in [5, 5.41) is 6.50. The molecule has 10 nitrogen and oxygen atoms in total. The average Bonchev–Trinajstić information content (AvgIpc) is 3.52. The second kappa shape index (κ2) is 21.9. The molecule has 1 aromatic carbocycles. The summed E-state index contributed by atoms with van der Waals surface area (Å²) < 4.78 is 26.7. The standard InChI is InChI=1S/C41H48F2N6O4S/c1-8-9-10-11-16-28(2)30(4)48(6)27-35-37(40(51)49(31(5)50)36-18-13-15-24-44-36)39(45-26-29(3)33(25-43)17-12-14-23-42)54-38(35)32-19-21-34(22-20-32)46-41(52)47-53-7/h8-10,12-24,30,45H,1,11,25-27H2,2-7H3,(H2,46,47,52)/b10-9-,17-12-,23-14+,28-16+,33-29-/t30-/m1/s1. The van der Waals surface area contributed by atoms with Gasteiger partial charge < -0.3 is 10.6 Å². The normalized spacial score (nSPS) is 13.0. The molecule has 0 bridgehead atoms. The predicted octanol–water partition coefficient (Wildman–Crippen LogP) is 9.32. The van der Waals surface area contributed by atoms with E-state index in [4.69, 9.17) is 0 Å². The van der Waals surface area contributed by atoms with Crippen LogP contribution in [0, 0.1) is 0 Å². The van der Waals surface area contributed by atoms with Gasteiger partial charge in [0.05, 0.1) is 19.0 Å². The number of amides is 4. The number of alkyl halides is 1. The van der Waals surface area contributed by atoms with Crippen LogP contribution in [0.2, 0.25) is 0 Å². The van der Waals surface area contributed by atoms with E-state index in [9.17, 15) is 23.2 Å². The van der Waals surface area contributed by atoms with E-state index in [1.165, 1.54) is 43.7 Å². The van der Waals surface area contributed by atoms with E-state index in [1.807, 2.05) is 31.3 Å². The molecule has 4 amide bonds. The first-order chi connectivity index (χ1) is 26.0. The molecule has 0 radical (unpaired) electrons. The van der Waals surface area contributed by atoms with Crippen LogP contribution < -0.4 is 21.0 Å². The van der Waals surface area contributed by atoms with E-state index in [2.05, 4.69) is 57.3 Å². The first kappa shape index (κ1) is 42.9. The van der Waals surface area contributed by atoms with Gasteiger partial charge in [-0.3, -0.25) is 19.3 Å². The Balaban J connectivity index is 2.27. The molecule has 0 unspecified atom stereocenters. The number of hydrogen-bond acceptors (Lipinski definition) is 8. The molecule has 0 saturated carbocycles. The minimum Gasteiger partial charge on any atom is -0.372 e. The number of likely N-dealkylation sites (N-methyl/N-ethyl adjacent to an activating group) is 1. The molecule has 0 aliphatic rings. The zero-order chi connectivity index (χ0) is 39.6. The van der Waals surface area contributed by atoms with Gasteiger partial charge in [0.1, 0.15) is 17.5 Å². The number of hydroxylamine groups is 1. The van der Waals surface area contributed by atoms with Gasteiger partial charge in [-0.1, -0.05) is 66.8 Å². The third-order valence-electron chi connectivity index (χ3n) is 8.48. The number of nitrogens with one attached hydrogen (secondary N) is 3. The van der Waals surface area contributed by atoms with Crippen molar-refractivity contribution >= 4 is 45.7 Å². The van der Waals surface area contributed by atoms with Gasteiger partial charge in [0.2, 0.25) is 5.91 Å². The number of rotatable bonds is 18. The Labute approximate surface area is 320 Å². The molecule has 3 N–H and O–H groups in total. The lowest BCUT2D eigenvalue weighted by Gasteiger charge is -2.27. The van der Waals surface area contributed by atoms with E-state index in [0.29, 0.717) is 40.3 Å². The van der Waals surface area contributed by atoms with Crippen molar-refractivity contribution in [2.75, 3.05) is 42.9 Å². The number of carbonyl (C=O) groups is 3. The summed E-state index contributed by atoms with van der Waals surface area (Å²) in [7, 11) is 3.30. The molecule has 0 saturated heterocycles. The molecule has 3 aromatic rings. The Bertz CT molecular complexity index is 1900. The van der Waals surface area contributed by atoms with Crippen LogP contribution in [0.3, 0.4) is 0 Å². The van der Waals surface area contributed by atoms with E-state index >= 15 is 0 Å². The number of urea groups is 1. The van der Waals surface area contributed by atoms with Crippen molar-refractivity contribution in [2.45, 2.75) is 46.7 Å². The van der Waals surface area contributed by atoms with Gasteiger partial charge in [-0.05, 0) is 86.9 Å². The number of pyridine rings is 1. The summed E-state index contributed by atoms with van der Waals surface area (Å²) in [6, 6.07) is 11.5. The zero-order valence-electron chi connectivity index (χ0n) is 31.5. The van der Waals surface area contributed by atoms with Gasteiger partial charge in [-0.25, -0.2) is 28.9 Å². The number of aromatic nitrogens is 1. The Morgan fingerprint density at radius 3 is 2.43 bits per heavy atom. The highest BCUT2D eigenvalue weighted by molar-refractivity contribution is 7.20. The first-order valence-corrected chi connectivity index (χ1v) is 18.0. The van der Waals surface area contributed by atoms with Crippen molar-refractivity contribution in [3.8, 4) is 10.4 Å². The predicted molar refractivity (Wildman–Crippen MR) is 216 cm³/mol. The number of allylic oxidation sites excluding steroid dienone is 8. The maximum atomic E-state index is 14.8. The lowest BCUT2D eigenvalue weighted by atomic mass is 10.0. The number of imide groups is 1. The van der Waals surface area contributed by atoms with Crippen LogP contribution in [0.1, 0.15) is 50.0 Å². The average molecular weight is 759 g/mol. The highest BCUT2D eigenvalue weighted by atomic mass is 32.1. The molecule has 0 aliphatic carbocycles. The molecular weight excluding hydrogens is 711 g/mol. The Kier molecular flexibility index (Phi) is 17.4. The van der Waals surface area contributed by atoms with Crippen molar-refractivity contribution in [2.24, 2.45) is 0 Å². The quantitative estimate of drug-likeness (QED) is 0.0673. The SMILES string of the molecule is C=C/C=C\C/C=C(\C)[C@@H](C)N(C)Cc1c(-c2ccc(NC(=O)NOC)cc2)sc(NC/C(C)=C(/C=C\C=C\F)CF)c1C(=O)N(C(C)=O)c1ccccn1. The lowest BCUT2D eigenvalue weighted by Crippen LogP contribution is -2.37. The molecular formula is C41H48F2N6O4S. The van der Waals surface area contributed by atoms with Crippen molar-refractivity contribution in [1.82, 2.24) is 15.4 Å². The van der Waals surface area contributed by atoms with Crippen LogP contribution in [-0.2, 0) is 16.2 Å². The third kappa shape index (κ3) is 12.0. The van der Waals surface area contributed by atoms with Crippen LogP contribution in [0.15, 0.2) is 121 Å². The maximum Gasteiger partial charge on any atom is 0.343 e. The molecule has 1 atom stereocenters. The largest absolute Gasteiger partial charge is 0.372 e. The number of anilines is 3. The fourth-order valence-corrected chi connectivity index (χ4v) is 6.54. The number of halogens is 2. The fraction of sp³-hybridized carbons (Fsp3) is 0.268. The fourth-order valence-electron chi connectivity index (χ4n) is 5.33. The molecule has 3 rings (SSSR count). The molecule has 13 heteroatoms. The molecule has 0 fully saturated rings. The van der Waals surface area contributed by atoms with Crippen LogP contribution in [-0.4, -0.2) is 61.1 Å². The molecule has 54 heavy (non-hydrogen) atoms. The van der Waals surface area contributed by atoms with E-state index < -0.39 is 24.5 Å². The summed E-state index contributed by atoms with van der Waals surface area (Å²) in [6.07, 6.45) is 14.4. The number of nitrogens with zero attached hydrogens (tertiary/aromatic N) is 3. The van der Waals surface area contributed by atoms with Crippen molar-refractivity contribution in [1.29, 1.82) is 0 Å². The highest BCUT2D eigenvalue weighted by Gasteiger charge is 2.32. The topological polar surface area (TPSA) is 116 Å². The smallest absolute Gasteiger partial charge is 0.343 e. The summed E-state index contributed by atoms with van der Waals surface area (Å²) in [4.78, 5) is 53.0. The number of carbonyl (C=O) groups excluding carboxylic acids is 3. The molecule has 286 valence electrons. The second-order valence-corrected chi connectivity index (χ2v) is 13.2. The Morgan fingerprint density at radius 2 is 1.81 bits per heavy atom. The highest BCUT2D eigenvalue weighted by Crippen LogP contribution is 2.43. The number of hydrogen-bond donors (Lipinski definition) is 3. The molecule has 2 aromatic heterocycles. The minimum atomic E-state index is -0.781. The summed E-state index contributed by atoms with van der Waals surface area (Å²) in [5.41, 5.74) is 6.49. The maximum absolute atomic E-state index is 14.8. The van der Waals surface area contributed by atoms with Gasteiger partial charge in [0, 0.05) is 42.8 Å². The summed E-state index contributed by atoms with van der Waals surface area (Å²) in [5.74, 6) is -0.943. The van der Waals surface area contributed by atoms with Gasteiger partial charge in [0.25, 0.3) is 5.91 Å². The Hall–Kier alpha value is -5.50. The van der Waals surface area contributed by atoms with Crippen molar-refractivity contribution in [3.63, 3.8) is 0 Å². The molecule has 0 aliphatic heterocycles. The van der Waals surface area contributed by atoms with Crippen LogP contribution >= 0.6 is 11.3 Å². The van der Waals surface area contributed by atoms with Gasteiger partial charge in [0.15, 0.2) is 0 Å². The van der Waals surface area contributed by atoms with Gasteiger partial charge >= 0.3 is 6.03 Å².